The van der Waals surface area contributed by atoms with Gasteiger partial charge in [-0.1, -0.05) is 24.3 Å². The number of likely N-dealkylation sites (N-methyl/N-ethyl adjacent to an activating group) is 1. The Bertz CT molecular complexity index is 1020. The number of benzene rings is 2. The van der Waals surface area contributed by atoms with Gasteiger partial charge in [0.2, 0.25) is 0 Å². The average Bonchev–Trinajstić information content (AvgIpc) is 3.09. The molecule has 1 fully saturated rings. The molecule has 0 radical (unpaired) electrons. The zero-order valence-corrected chi connectivity index (χ0v) is 19.5. The van der Waals surface area contributed by atoms with Crippen molar-refractivity contribution in [2.75, 3.05) is 53.5 Å². The molecule has 0 unspecified atom stereocenters. The zero-order valence-electron chi connectivity index (χ0n) is 19.5. The summed E-state index contributed by atoms with van der Waals surface area (Å²) < 4.78 is 10.8. The van der Waals surface area contributed by atoms with Crippen LogP contribution < -0.4 is 9.47 Å². The molecule has 7 nitrogen and oxygen atoms in total. The molecule has 1 saturated heterocycles. The van der Waals surface area contributed by atoms with Crippen molar-refractivity contribution >= 4 is 17.4 Å². The standard InChI is InChI=1S/C26H31N3O4/c1-4-33-22-11-7-20(8-12-22)23-24(28-17-15-27(2)16-18-28)26(31)29(25(23)30)14-13-19-5-9-21(32-3)10-6-19/h5-12H,4,13-18H2,1-3H3. The molecule has 2 aromatic rings. The fraction of sp³-hybridized carbons (Fsp3) is 0.385. The van der Waals surface area contributed by atoms with Crippen LogP contribution in [0.3, 0.4) is 0 Å². The molecule has 0 aliphatic carbocycles. The Morgan fingerprint density at radius 1 is 0.848 bits per heavy atom. The Kier molecular flexibility index (Phi) is 6.99. The van der Waals surface area contributed by atoms with Gasteiger partial charge in [0.1, 0.15) is 17.2 Å². The van der Waals surface area contributed by atoms with Gasteiger partial charge in [0.05, 0.1) is 19.3 Å². The molecule has 0 saturated carbocycles. The highest BCUT2D eigenvalue weighted by molar-refractivity contribution is 6.35. The number of rotatable bonds is 8. The molecule has 2 aliphatic heterocycles. The van der Waals surface area contributed by atoms with Crippen molar-refractivity contribution in [1.29, 1.82) is 0 Å². The Morgan fingerprint density at radius 2 is 1.48 bits per heavy atom. The first-order chi connectivity index (χ1) is 16.0. The van der Waals surface area contributed by atoms with Crippen molar-refractivity contribution < 1.29 is 19.1 Å². The van der Waals surface area contributed by atoms with E-state index in [1.165, 1.54) is 4.90 Å². The van der Waals surface area contributed by atoms with Gasteiger partial charge in [0.15, 0.2) is 0 Å². The van der Waals surface area contributed by atoms with E-state index in [0.717, 1.165) is 48.8 Å². The maximum Gasteiger partial charge on any atom is 0.277 e. The number of imide groups is 1. The fourth-order valence-corrected chi connectivity index (χ4v) is 4.27. The molecule has 2 heterocycles. The average molecular weight is 450 g/mol. The van der Waals surface area contributed by atoms with Crippen LogP contribution in [-0.4, -0.2) is 80.0 Å². The quantitative estimate of drug-likeness (QED) is 0.578. The lowest BCUT2D eigenvalue weighted by Crippen LogP contribution is -2.46. The van der Waals surface area contributed by atoms with E-state index < -0.39 is 0 Å². The number of hydrogen-bond donors (Lipinski definition) is 0. The molecule has 0 N–H and O–H groups in total. The second-order valence-corrected chi connectivity index (χ2v) is 8.33. The number of carbonyl (C=O) groups is 2. The van der Waals surface area contributed by atoms with Gasteiger partial charge in [-0.05, 0) is 55.8 Å². The fourth-order valence-electron chi connectivity index (χ4n) is 4.27. The van der Waals surface area contributed by atoms with E-state index in [1.807, 2.05) is 55.5 Å². The van der Waals surface area contributed by atoms with Crippen LogP contribution in [0.2, 0.25) is 0 Å². The minimum Gasteiger partial charge on any atom is -0.497 e. The number of ether oxygens (including phenoxy) is 2. The summed E-state index contributed by atoms with van der Waals surface area (Å²) in [5.41, 5.74) is 2.80. The van der Waals surface area contributed by atoms with Crippen LogP contribution in [0.5, 0.6) is 11.5 Å². The first-order valence-electron chi connectivity index (χ1n) is 11.4. The molecular formula is C26H31N3O4. The third-order valence-electron chi connectivity index (χ3n) is 6.20. The summed E-state index contributed by atoms with van der Waals surface area (Å²) in [6.07, 6.45) is 0.591. The topological polar surface area (TPSA) is 62.3 Å². The monoisotopic (exact) mass is 449 g/mol. The van der Waals surface area contributed by atoms with Gasteiger partial charge in [-0.25, -0.2) is 0 Å². The van der Waals surface area contributed by atoms with Crippen molar-refractivity contribution in [3.05, 3.63) is 65.4 Å². The number of amides is 2. The lowest BCUT2D eigenvalue weighted by molar-refractivity contribution is -0.137. The van der Waals surface area contributed by atoms with E-state index in [1.54, 1.807) is 7.11 Å². The second-order valence-electron chi connectivity index (χ2n) is 8.33. The highest BCUT2D eigenvalue weighted by atomic mass is 16.5. The highest BCUT2D eigenvalue weighted by Crippen LogP contribution is 2.33. The molecule has 4 rings (SSSR count). The van der Waals surface area contributed by atoms with Crippen molar-refractivity contribution in [2.45, 2.75) is 13.3 Å². The maximum absolute atomic E-state index is 13.5. The van der Waals surface area contributed by atoms with Gasteiger partial charge in [-0.2, -0.15) is 0 Å². The largest absolute Gasteiger partial charge is 0.497 e. The summed E-state index contributed by atoms with van der Waals surface area (Å²) in [6, 6.07) is 15.2. The minimum atomic E-state index is -0.230. The van der Waals surface area contributed by atoms with E-state index in [0.29, 0.717) is 30.8 Å². The molecule has 0 aromatic heterocycles. The molecule has 2 amide bonds. The molecule has 33 heavy (non-hydrogen) atoms. The smallest absolute Gasteiger partial charge is 0.277 e. The Morgan fingerprint density at radius 3 is 2.09 bits per heavy atom. The van der Waals surface area contributed by atoms with Crippen molar-refractivity contribution in [3.63, 3.8) is 0 Å². The first-order valence-corrected chi connectivity index (χ1v) is 11.4. The minimum absolute atomic E-state index is 0.207. The van der Waals surface area contributed by atoms with Crippen LogP contribution in [0.25, 0.3) is 5.57 Å². The SMILES string of the molecule is CCOc1ccc(C2=C(N3CCN(C)CC3)C(=O)N(CCc3ccc(OC)cc3)C2=O)cc1. The second kappa shape index (κ2) is 10.1. The predicted octanol–water partition coefficient (Wildman–Crippen LogP) is 2.66. The summed E-state index contributed by atoms with van der Waals surface area (Å²) in [5, 5.41) is 0. The number of nitrogens with zero attached hydrogens (tertiary/aromatic N) is 3. The Balaban J connectivity index is 1.60. The van der Waals surface area contributed by atoms with Gasteiger partial charge in [0, 0.05) is 32.7 Å². The Labute approximate surface area is 195 Å². The number of piperazine rings is 1. The van der Waals surface area contributed by atoms with Crippen LogP contribution >= 0.6 is 0 Å². The number of methoxy groups -OCH3 is 1. The van der Waals surface area contributed by atoms with E-state index in [4.69, 9.17) is 9.47 Å². The third-order valence-corrected chi connectivity index (χ3v) is 6.20. The number of carbonyl (C=O) groups excluding carboxylic acids is 2. The van der Waals surface area contributed by atoms with Gasteiger partial charge in [0.25, 0.3) is 11.8 Å². The molecule has 2 aromatic carbocycles. The molecule has 2 aliphatic rings. The summed E-state index contributed by atoms with van der Waals surface area (Å²) in [5.74, 6) is 1.09. The molecule has 174 valence electrons. The van der Waals surface area contributed by atoms with Crippen molar-refractivity contribution in [3.8, 4) is 11.5 Å². The predicted molar refractivity (Wildman–Crippen MR) is 127 cm³/mol. The van der Waals surface area contributed by atoms with Crippen LogP contribution in [0.4, 0.5) is 0 Å². The van der Waals surface area contributed by atoms with Gasteiger partial charge in [-0.3, -0.25) is 14.5 Å². The highest BCUT2D eigenvalue weighted by Gasteiger charge is 2.41. The summed E-state index contributed by atoms with van der Waals surface area (Å²) in [7, 11) is 3.70. The number of hydrogen-bond acceptors (Lipinski definition) is 6. The van der Waals surface area contributed by atoms with Gasteiger partial charge < -0.3 is 19.3 Å². The molecule has 7 heteroatoms. The van der Waals surface area contributed by atoms with E-state index in [9.17, 15) is 9.59 Å². The third kappa shape index (κ3) is 4.88. The van der Waals surface area contributed by atoms with E-state index in [2.05, 4.69) is 16.8 Å². The van der Waals surface area contributed by atoms with Crippen LogP contribution in [-0.2, 0) is 16.0 Å². The molecule has 0 bridgehead atoms. The van der Waals surface area contributed by atoms with E-state index in [-0.39, 0.29) is 11.8 Å². The first kappa shape index (κ1) is 22.9. The lowest BCUT2D eigenvalue weighted by atomic mass is 10.0. The van der Waals surface area contributed by atoms with Crippen LogP contribution in [0, 0.1) is 0 Å². The maximum atomic E-state index is 13.5. The zero-order chi connectivity index (χ0) is 23.4. The normalized spacial score (nSPS) is 17.2. The van der Waals surface area contributed by atoms with Crippen LogP contribution in [0.1, 0.15) is 18.1 Å². The van der Waals surface area contributed by atoms with E-state index >= 15 is 0 Å². The lowest BCUT2D eigenvalue weighted by Gasteiger charge is -2.34. The molecular weight excluding hydrogens is 418 g/mol. The van der Waals surface area contributed by atoms with Crippen molar-refractivity contribution in [1.82, 2.24) is 14.7 Å². The Hall–Kier alpha value is -3.32. The van der Waals surface area contributed by atoms with Crippen molar-refractivity contribution in [2.24, 2.45) is 0 Å². The summed E-state index contributed by atoms with van der Waals surface area (Å²) in [6.45, 7) is 5.99. The molecule has 0 atom stereocenters. The van der Waals surface area contributed by atoms with Crippen LogP contribution in [0.15, 0.2) is 54.2 Å². The summed E-state index contributed by atoms with van der Waals surface area (Å²) in [4.78, 5) is 32.7. The van der Waals surface area contributed by atoms with Gasteiger partial charge in [-0.15, -0.1) is 0 Å². The van der Waals surface area contributed by atoms with Gasteiger partial charge >= 0.3 is 0 Å². The molecule has 0 spiro atoms. The summed E-state index contributed by atoms with van der Waals surface area (Å²) >= 11 is 0.